The highest BCUT2D eigenvalue weighted by Crippen LogP contribution is 2.24. The fraction of sp³-hybridized carbons (Fsp3) is 0.0714. The Bertz CT molecular complexity index is 633. The minimum atomic E-state index is -1.08. The molecule has 20 heavy (non-hydrogen) atoms. The molecule has 0 bridgehead atoms. The lowest BCUT2D eigenvalue weighted by Crippen LogP contribution is -2.02. The Morgan fingerprint density at radius 1 is 0.900 bits per heavy atom. The molecule has 0 amide bonds. The van der Waals surface area contributed by atoms with Gasteiger partial charge in [-0.1, -0.05) is 6.07 Å². The summed E-state index contributed by atoms with van der Waals surface area (Å²) in [7, 11) is 0. The summed E-state index contributed by atoms with van der Waals surface area (Å²) >= 11 is 0. The van der Waals surface area contributed by atoms with E-state index >= 15 is 0 Å². The SMILES string of the molecule is O=Cc1cc(F)c(OCc2ccc(F)c(F)c2)c(F)c1. The lowest BCUT2D eigenvalue weighted by atomic mass is 10.2. The smallest absolute Gasteiger partial charge is 0.191 e. The average molecular weight is 284 g/mol. The summed E-state index contributed by atoms with van der Waals surface area (Å²) in [5, 5.41) is 0. The number of hydrogen-bond acceptors (Lipinski definition) is 2. The van der Waals surface area contributed by atoms with Gasteiger partial charge in [-0.15, -0.1) is 0 Å². The van der Waals surface area contributed by atoms with Gasteiger partial charge in [-0.25, -0.2) is 17.6 Å². The van der Waals surface area contributed by atoms with Crippen LogP contribution >= 0.6 is 0 Å². The second-order valence-corrected chi connectivity index (χ2v) is 3.97. The Labute approximate surface area is 111 Å². The molecule has 0 saturated carbocycles. The monoisotopic (exact) mass is 284 g/mol. The van der Waals surface area contributed by atoms with Crippen LogP contribution in [-0.4, -0.2) is 6.29 Å². The normalized spacial score (nSPS) is 10.4. The third-order valence-corrected chi connectivity index (χ3v) is 2.52. The Morgan fingerprint density at radius 2 is 1.55 bits per heavy atom. The molecule has 2 rings (SSSR count). The van der Waals surface area contributed by atoms with Gasteiger partial charge in [-0.2, -0.15) is 0 Å². The Kier molecular flexibility index (Phi) is 4.02. The van der Waals surface area contributed by atoms with E-state index in [-0.39, 0.29) is 17.7 Å². The zero-order valence-corrected chi connectivity index (χ0v) is 10.00. The predicted octanol–water partition coefficient (Wildman–Crippen LogP) is 3.63. The first-order valence-corrected chi connectivity index (χ1v) is 5.52. The summed E-state index contributed by atoms with van der Waals surface area (Å²) in [5.74, 6) is -4.88. The van der Waals surface area contributed by atoms with Gasteiger partial charge in [0.15, 0.2) is 29.0 Å². The van der Waals surface area contributed by atoms with Crippen molar-refractivity contribution in [2.24, 2.45) is 0 Å². The van der Waals surface area contributed by atoms with E-state index in [0.29, 0.717) is 6.29 Å². The summed E-state index contributed by atoms with van der Waals surface area (Å²) in [6.45, 7) is -0.342. The summed E-state index contributed by atoms with van der Waals surface area (Å²) in [4.78, 5) is 10.4. The first kappa shape index (κ1) is 14.0. The van der Waals surface area contributed by atoms with Crippen molar-refractivity contribution in [3.05, 3.63) is 64.7 Å². The number of aldehydes is 1. The third kappa shape index (κ3) is 2.96. The lowest BCUT2D eigenvalue weighted by molar-refractivity contribution is 0.112. The highest BCUT2D eigenvalue weighted by molar-refractivity contribution is 5.75. The maximum absolute atomic E-state index is 13.5. The number of benzene rings is 2. The summed E-state index contributed by atoms with van der Waals surface area (Å²) in [5.41, 5.74) is 0.0438. The van der Waals surface area contributed by atoms with Gasteiger partial charge in [0.05, 0.1) is 0 Å². The second kappa shape index (κ2) is 5.73. The first-order chi connectivity index (χ1) is 9.51. The minimum Gasteiger partial charge on any atom is -0.483 e. The molecule has 0 radical (unpaired) electrons. The maximum atomic E-state index is 13.5. The van der Waals surface area contributed by atoms with Crippen molar-refractivity contribution in [2.75, 3.05) is 0 Å². The van der Waals surface area contributed by atoms with Crippen LogP contribution in [0.3, 0.4) is 0 Å². The summed E-state index contributed by atoms with van der Waals surface area (Å²) in [6, 6.07) is 4.61. The van der Waals surface area contributed by atoms with Crippen LogP contribution in [0.15, 0.2) is 30.3 Å². The maximum Gasteiger partial charge on any atom is 0.191 e. The molecule has 0 fully saturated rings. The van der Waals surface area contributed by atoms with Crippen molar-refractivity contribution in [3.63, 3.8) is 0 Å². The van der Waals surface area contributed by atoms with Crippen molar-refractivity contribution in [3.8, 4) is 5.75 Å². The van der Waals surface area contributed by atoms with Gasteiger partial charge in [0.1, 0.15) is 12.9 Å². The largest absolute Gasteiger partial charge is 0.483 e. The van der Waals surface area contributed by atoms with E-state index in [2.05, 4.69) is 0 Å². The highest BCUT2D eigenvalue weighted by Gasteiger charge is 2.13. The Hall–Kier alpha value is -2.37. The van der Waals surface area contributed by atoms with Crippen molar-refractivity contribution >= 4 is 6.29 Å². The fourth-order valence-corrected chi connectivity index (χ4v) is 1.57. The third-order valence-electron chi connectivity index (χ3n) is 2.52. The molecule has 6 heteroatoms. The van der Waals surface area contributed by atoms with E-state index in [9.17, 15) is 22.4 Å². The molecule has 0 N–H and O–H groups in total. The Balaban J connectivity index is 2.18. The van der Waals surface area contributed by atoms with Gasteiger partial charge in [0, 0.05) is 5.56 Å². The van der Waals surface area contributed by atoms with Crippen LogP contribution in [0.1, 0.15) is 15.9 Å². The van der Waals surface area contributed by atoms with Crippen LogP contribution in [-0.2, 0) is 6.61 Å². The topological polar surface area (TPSA) is 26.3 Å². The molecule has 0 aliphatic carbocycles. The number of carbonyl (C=O) groups excluding carboxylic acids is 1. The number of carbonyl (C=O) groups is 1. The molecule has 2 nitrogen and oxygen atoms in total. The van der Waals surface area contributed by atoms with Crippen molar-refractivity contribution < 1.29 is 27.1 Å². The van der Waals surface area contributed by atoms with E-state index in [1.54, 1.807) is 0 Å². The van der Waals surface area contributed by atoms with E-state index in [4.69, 9.17) is 4.74 Å². The second-order valence-electron chi connectivity index (χ2n) is 3.97. The van der Waals surface area contributed by atoms with E-state index < -0.39 is 29.0 Å². The molecule has 0 unspecified atom stereocenters. The zero-order valence-electron chi connectivity index (χ0n) is 10.00. The lowest BCUT2D eigenvalue weighted by Gasteiger charge is -2.09. The minimum absolute atomic E-state index is 0.167. The molecule has 2 aromatic carbocycles. The van der Waals surface area contributed by atoms with E-state index in [0.717, 1.165) is 24.3 Å². The van der Waals surface area contributed by atoms with Crippen LogP contribution < -0.4 is 4.74 Å². The average Bonchev–Trinajstić information content (AvgIpc) is 2.41. The zero-order chi connectivity index (χ0) is 14.7. The van der Waals surface area contributed by atoms with Crippen LogP contribution in [0.4, 0.5) is 17.6 Å². The molecule has 0 spiro atoms. The van der Waals surface area contributed by atoms with Crippen molar-refractivity contribution in [2.45, 2.75) is 6.61 Å². The molecule has 104 valence electrons. The van der Waals surface area contributed by atoms with Crippen LogP contribution in [0.5, 0.6) is 5.75 Å². The molecule has 0 aliphatic rings. The standard InChI is InChI=1S/C14H8F4O2/c15-10-2-1-8(3-11(10)16)7-20-14-12(17)4-9(6-19)5-13(14)18/h1-6H,7H2. The fourth-order valence-electron chi connectivity index (χ4n) is 1.57. The van der Waals surface area contributed by atoms with Crippen molar-refractivity contribution in [1.82, 2.24) is 0 Å². The van der Waals surface area contributed by atoms with Crippen LogP contribution in [0, 0.1) is 23.3 Å². The van der Waals surface area contributed by atoms with Gasteiger partial charge >= 0.3 is 0 Å². The van der Waals surface area contributed by atoms with Crippen LogP contribution in [0.2, 0.25) is 0 Å². The quantitative estimate of drug-likeness (QED) is 0.633. The number of hydrogen-bond donors (Lipinski definition) is 0. The number of halogens is 4. The molecule has 0 heterocycles. The van der Waals surface area contributed by atoms with Gasteiger partial charge < -0.3 is 4.74 Å². The highest BCUT2D eigenvalue weighted by atomic mass is 19.2. The Morgan fingerprint density at radius 3 is 2.10 bits per heavy atom. The van der Waals surface area contributed by atoms with Crippen molar-refractivity contribution in [1.29, 1.82) is 0 Å². The molecular formula is C14H8F4O2. The van der Waals surface area contributed by atoms with Gasteiger partial charge in [0.25, 0.3) is 0 Å². The molecule has 0 aliphatic heterocycles. The number of rotatable bonds is 4. The molecule has 2 aromatic rings. The molecule has 0 saturated heterocycles. The first-order valence-electron chi connectivity index (χ1n) is 5.52. The van der Waals surface area contributed by atoms with Crippen LogP contribution in [0.25, 0.3) is 0 Å². The van der Waals surface area contributed by atoms with E-state index in [1.807, 2.05) is 0 Å². The van der Waals surface area contributed by atoms with Gasteiger partial charge in [0.2, 0.25) is 0 Å². The van der Waals surface area contributed by atoms with E-state index in [1.165, 1.54) is 6.07 Å². The van der Waals surface area contributed by atoms with Gasteiger partial charge in [-0.05, 0) is 29.8 Å². The molecular weight excluding hydrogens is 276 g/mol. The predicted molar refractivity (Wildman–Crippen MR) is 62.4 cm³/mol. The summed E-state index contributed by atoms with van der Waals surface area (Å²) in [6.07, 6.45) is 0.297. The molecule has 0 aromatic heterocycles. The number of ether oxygens (including phenoxy) is 1. The molecule has 0 atom stereocenters. The van der Waals surface area contributed by atoms with Gasteiger partial charge in [-0.3, -0.25) is 4.79 Å². The summed E-state index contributed by atoms with van der Waals surface area (Å²) < 4.78 is 57.5.